The number of nitrogens with zero attached hydrogens (tertiary/aromatic N) is 2. The van der Waals surface area contributed by atoms with Crippen LogP contribution in [0.25, 0.3) is 0 Å². The molecule has 1 aromatic rings. The third-order valence-electron chi connectivity index (χ3n) is 2.57. The second-order valence-electron chi connectivity index (χ2n) is 4.25. The zero-order valence-electron chi connectivity index (χ0n) is 10.5. The van der Waals surface area contributed by atoms with Crippen molar-refractivity contribution >= 4 is 11.9 Å². The second-order valence-corrected chi connectivity index (χ2v) is 4.25. The van der Waals surface area contributed by atoms with Crippen LogP contribution in [0.2, 0.25) is 0 Å². The Hall–Kier alpha value is -1.89. The minimum absolute atomic E-state index is 0.0359. The summed E-state index contributed by atoms with van der Waals surface area (Å²) < 4.78 is 6.08. The van der Waals surface area contributed by atoms with Gasteiger partial charge in [0.2, 0.25) is 0 Å². The second kappa shape index (κ2) is 5.63. The quantitative estimate of drug-likeness (QED) is 0.734. The molecule has 0 aliphatic carbocycles. The summed E-state index contributed by atoms with van der Waals surface area (Å²) in [5.41, 5.74) is 5.65. The average Bonchev–Trinajstić information content (AvgIpc) is 2.76. The van der Waals surface area contributed by atoms with Crippen LogP contribution in [-0.4, -0.2) is 33.9 Å². The minimum atomic E-state index is -1.20. The molecule has 0 amide bonds. The standard InChI is InChI=1S/C11H17N3O4/c1-6(2)9(11(17)18-3)14-5-4-7(13-14)8(12)10(15)16/h4-6,8-9H,12H2,1-3H3,(H,15,16)/t8-,9+/m1/s1. The average molecular weight is 255 g/mol. The molecular formula is C11H17N3O4. The number of rotatable bonds is 5. The van der Waals surface area contributed by atoms with E-state index in [2.05, 4.69) is 5.10 Å². The first-order valence-electron chi connectivity index (χ1n) is 5.49. The van der Waals surface area contributed by atoms with Crippen LogP contribution in [0.4, 0.5) is 0 Å². The molecule has 3 N–H and O–H groups in total. The maximum atomic E-state index is 11.6. The number of hydrogen-bond acceptors (Lipinski definition) is 5. The summed E-state index contributed by atoms with van der Waals surface area (Å²) in [4.78, 5) is 22.4. The molecule has 1 heterocycles. The molecule has 18 heavy (non-hydrogen) atoms. The third-order valence-corrected chi connectivity index (χ3v) is 2.57. The molecule has 0 fully saturated rings. The molecule has 0 radical (unpaired) electrons. The highest BCUT2D eigenvalue weighted by atomic mass is 16.5. The van der Waals surface area contributed by atoms with Crippen molar-refractivity contribution in [1.29, 1.82) is 0 Å². The number of ether oxygens (including phenoxy) is 1. The number of carboxylic acids is 1. The predicted octanol–water partition coefficient (Wildman–Crippen LogP) is 0.338. The van der Waals surface area contributed by atoms with Crippen LogP contribution in [0.3, 0.4) is 0 Å². The van der Waals surface area contributed by atoms with Crippen LogP contribution in [-0.2, 0) is 14.3 Å². The molecular weight excluding hydrogens is 238 g/mol. The van der Waals surface area contributed by atoms with E-state index < -0.39 is 24.0 Å². The van der Waals surface area contributed by atoms with Gasteiger partial charge in [0.05, 0.1) is 12.8 Å². The van der Waals surface area contributed by atoms with Gasteiger partial charge in [0, 0.05) is 6.20 Å². The zero-order valence-corrected chi connectivity index (χ0v) is 10.5. The monoisotopic (exact) mass is 255 g/mol. The van der Waals surface area contributed by atoms with E-state index in [0.717, 1.165) is 0 Å². The van der Waals surface area contributed by atoms with E-state index in [-0.39, 0.29) is 11.6 Å². The number of carboxylic acid groups (broad SMARTS) is 1. The van der Waals surface area contributed by atoms with Gasteiger partial charge >= 0.3 is 11.9 Å². The molecule has 2 atom stereocenters. The summed E-state index contributed by atoms with van der Waals surface area (Å²) in [6.07, 6.45) is 1.53. The Bertz CT molecular complexity index is 441. The van der Waals surface area contributed by atoms with E-state index in [1.165, 1.54) is 24.1 Å². The Labute approximate surface area is 105 Å². The number of hydrogen-bond donors (Lipinski definition) is 2. The Morgan fingerprint density at radius 2 is 2.11 bits per heavy atom. The van der Waals surface area contributed by atoms with Crippen molar-refractivity contribution in [3.05, 3.63) is 18.0 Å². The fourth-order valence-electron chi connectivity index (χ4n) is 1.61. The van der Waals surface area contributed by atoms with E-state index in [1.807, 2.05) is 13.8 Å². The Morgan fingerprint density at radius 1 is 1.50 bits per heavy atom. The van der Waals surface area contributed by atoms with Crippen LogP contribution < -0.4 is 5.73 Å². The first-order valence-corrected chi connectivity index (χ1v) is 5.49. The summed E-state index contributed by atoms with van der Waals surface area (Å²) in [7, 11) is 1.30. The van der Waals surface area contributed by atoms with Gasteiger partial charge in [-0.2, -0.15) is 5.10 Å². The van der Waals surface area contributed by atoms with Gasteiger partial charge < -0.3 is 15.6 Å². The summed E-state index contributed by atoms with van der Waals surface area (Å²) in [5, 5.41) is 12.8. The minimum Gasteiger partial charge on any atom is -0.480 e. The molecule has 0 spiro atoms. The van der Waals surface area contributed by atoms with Crippen molar-refractivity contribution in [2.75, 3.05) is 7.11 Å². The number of methoxy groups -OCH3 is 1. The summed E-state index contributed by atoms with van der Waals surface area (Å²) in [6, 6.07) is -0.307. The van der Waals surface area contributed by atoms with E-state index in [1.54, 1.807) is 0 Å². The molecule has 1 aromatic heterocycles. The van der Waals surface area contributed by atoms with Crippen molar-refractivity contribution in [1.82, 2.24) is 9.78 Å². The number of aromatic nitrogens is 2. The molecule has 7 nitrogen and oxygen atoms in total. The number of aliphatic carboxylic acids is 1. The Morgan fingerprint density at radius 3 is 2.56 bits per heavy atom. The molecule has 0 bridgehead atoms. The number of esters is 1. The highest BCUT2D eigenvalue weighted by Crippen LogP contribution is 2.20. The lowest BCUT2D eigenvalue weighted by Crippen LogP contribution is -2.27. The molecule has 0 aliphatic rings. The number of nitrogens with two attached hydrogens (primary N) is 1. The number of carbonyl (C=O) groups excluding carboxylic acids is 1. The lowest BCUT2D eigenvalue weighted by Gasteiger charge is -2.18. The van der Waals surface area contributed by atoms with Gasteiger partial charge in [0.15, 0.2) is 6.04 Å². The van der Waals surface area contributed by atoms with E-state index >= 15 is 0 Å². The van der Waals surface area contributed by atoms with Gasteiger partial charge in [-0.05, 0) is 12.0 Å². The van der Waals surface area contributed by atoms with E-state index in [4.69, 9.17) is 15.6 Å². The molecule has 100 valence electrons. The molecule has 0 unspecified atom stereocenters. The maximum absolute atomic E-state index is 11.6. The Balaban J connectivity index is 3.02. The smallest absolute Gasteiger partial charge is 0.330 e. The Kier molecular flexibility index (Phi) is 4.43. The summed E-state index contributed by atoms with van der Waals surface area (Å²) in [6.45, 7) is 3.69. The first kappa shape index (κ1) is 14.2. The molecule has 7 heteroatoms. The van der Waals surface area contributed by atoms with Crippen LogP contribution in [0.15, 0.2) is 12.3 Å². The fraction of sp³-hybridized carbons (Fsp3) is 0.545. The summed E-state index contributed by atoms with van der Waals surface area (Å²) >= 11 is 0. The van der Waals surface area contributed by atoms with Gasteiger partial charge in [-0.25, -0.2) is 4.79 Å². The lowest BCUT2D eigenvalue weighted by molar-refractivity contribution is -0.146. The van der Waals surface area contributed by atoms with E-state index in [0.29, 0.717) is 0 Å². The largest absolute Gasteiger partial charge is 0.480 e. The van der Waals surface area contributed by atoms with Crippen molar-refractivity contribution in [3.8, 4) is 0 Å². The predicted molar refractivity (Wildman–Crippen MR) is 62.7 cm³/mol. The normalized spacial score (nSPS) is 14.3. The van der Waals surface area contributed by atoms with E-state index in [9.17, 15) is 9.59 Å². The molecule has 0 aromatic carbocycles. The third kappa shape index (κ3) is 2.86. The van der Waals surface area contributed by atoms with Crippen molar-refractivity contribution in [2.24, 2.45) is 11.7 Å². The van der Waals surface area contributed by atoms with Gasteiger partial charge in [-0.3, -0.25) is 9.48 Å². The molecule has 0 saturated carbocycles. The van der Waals surface area contributed by atoms with Crippen molar-refractivity contribution in [2.45, 2.75) is 25.9 Å². The van der Waals surface area contributed by atoms with Gasteiger partial charge in [-0.1, -0.05) is 13.8 Å². The molecule has 0 aliphatic heterocycles. The van der Waals surface area contributed by atoms with Gasteiger partial charge in [0.1, 0.15) is 6.04 Å². The van der Waals surface area contributed by atoms with Crippen LogP contribution in [0, 0.1) is 5.92 Å². The fourth-order valence-corrected chi connectivity index (χ4v) is 1.61. The van der Waals surface area contributed by atoms with Gasteiger partial charge in [0.25, 0.3) is 0 Å². The maximum Gasteiger partial charge on any atom is 0.330 e. The van der Waals surface area contributed by atoms with Crippen LogP contribution in [0.1, 0.15) is 31.6 Å². The molecule has 0 saturated heterocycles. The van der Waals surface area contributed by atoms with Gasteiger partial charge in [-0.15, -0.1) is 0 Å². The topological polar surface area (TPSA) is 107 Å². The summed E-state index contributed by atoms with van der Waals surface area (Å²) in [5.74, 6) is -1.63. The first-order chi connectivity index (χ1) is 8.38. The zero-order chi connectivity index (χ0) is 13.9. The highest BCUT2D eigenvalue weighted by Gasteiger charge is 2.27. The van der Waals surface area contributed by atoms with Crippen molar-refractivity contribution < 1.29 is 19.4 Å². The lowest BCUT2D eigenvalue weighted by atomic mass is 10.1. The van der Waals surface area contributed by atoms with Crippen LogP contribution >= 0.6 is 0 Å². The molecule has 1 rings (SSSR count). The number of carbonyl (C=O) groups is 2. The van der Waals surface area contributed by atoms with Crippen LogP contribution in [0.5, 0.6) is 0 Å². The SMILES string of the molecule is COC(=O)[C@H](C(C)C)n1ccc([C@@H](N)C(=O)O)n1. The highest BCUT2D eigenvalue weighted by molar-refractivity contribution is 5.75. The van der Waals surface area contributed by atoms with Crippen molar-refractivity contribution in [3.63, 3.8) is 0 Å².